The van der Waals surface area contributed by atoms with Gasteiger partial charge in [-0.05, 0) is 33.9 Å². The topological polar surface area (TPSA) is 35.6 Å². The Morgan fingerprint density at radius 1 is 1.44 bits per heavy atom. The molecule has 0 bridgehead atoms. The normalized spacial score (nSPS) is 20.2. The number of rotatable bonds is 4. The lowest BCUT2D eigenvalue weighted by molar-refractivity contribution is -0.129. The number of likely N-dealkylation sites (N-methyl/N-ethyl adjacent to an activating group) is 1. The van der Waals surface area contributed by atoms with Crippen LogP contribution < -0.4 is 5.32 Å². The number of carbonyl (C=O) groups is 1. The highest BCUT2D eigenvalue weighted by molar-refractivity contribution is 5.73. The highest BCUT2D eigenvalue weighted by atomic mass is 16.2. The maximum absolute atomic E-state index is 11.2. The molecule has 4 nitrogen and oxygen atoms in total. The zero-order chi connectivity index (χ0) is 12.1. The van der Waals surface area contributed by atoms with Crippen LogP contribution in [-0.2, 0) is 4.79 Å². The smallest absolute Gasteiger partial charge is 0.219 e. The minimum atomic E-state index is 0.208. The van der Waals surface area contributed by atoms with Gasteiger partial charge in [0.1, 0.15) is 0 Å². The summed E-state index contributed by atoms with van der Waals surface area (Å²) in [6, 6.07) is 1.14. The Morgan fingerprint density at radius 2 is 2.00 bits per heavy atom. The molecule has 1 rings (SSSR count). The van der Waals surface area contributed by atoms with E-state index in [0.29, 0.717) is 12.1 Å². The number of nitrogens with zero attached hydrogens (tertiary/aromatic N) is 2. The molecule has 1 fully saturated rings. The van der Waals surface area contributed by atoms with Gasteiger partial charge >= 0.3 is 0 Å². The third kappa shape index (κ3) is 4.10. The molecular weight excluding hydrogens is 202 g/mol. The van der Waals surface area contributed by atoms with Gasteiger partial charge in [-0.3, -0.25) is 4.79 Å². The summed E-state index contributed by atoms with van der Waals surface area (Å²) in [5, 5.41) is 3.58. The first kappa shape index (κ1) is 13.5. The molecule has 0 aromatic rings. The summed E-state index contributed by atoms with van der Waals surface area (Å²) in [7, 11) is 4.20. The standard InChI is InChI=1S/C12H25N3O/c1-10(14(3)4)9-13-12-5-7-15(8-6-12)11(2)16/h10,12-13H,5-9H2,1-4H3. The summed E-state index contributed by atoms with van der Waals surface area (Å²) in [5.41, 5.74) is 0. The molecule has 0 radical (unpaired) electrons. The fourth-order valence-corrected chi connectivity index (χ4v) is 1.92. The van der Waals surface area contributed by atoms with Crippen molar-refractivity contribution in [3.05, 3.63) is 0 Å². The van der Waals surface area contributed by atoms with Crippen molar-refractivity contribution < 1.29 is 4.79 Å². The van der Waals surface area contributed by atoms with Crippen LogP contribution in [0.25, 0.3) is 0 Å². The van der Waals surface area contributed by atoms with E-state index in [-0.39, 0.29) is 5.91 Å². The Morgan fingerprint density at radius 3 is 2.44 bits per heavy atom. The van der Waals surface area contributed by atoms with Gasteiger partial charge in [0.15, 0.2) is 0 Å². The zero-order valence-corrected chi connectivity index (χ0v) is 11.0. The Bertz CT molecular complexity index is 222. The lowest BCUT2D eigenvalue weighted by Crippen LogP contribution is -2.47. The minimum Gasteiger partial charge on any atom is -0.343 e. The van der Waals surface area contributed by atoms with Crippen LogP contribution in [0.5, 0.6) is 0 Å². The lowest BCUT2D eigenvalue weighted by atomic mass is 10.0. The third-order valence-corrected chi connectivity index (χ3v) is 3.52. The molecule has 1 unspecified atom stereocenters. The number of nitrogens with one attached hydrogen (secondary N) is 1. The van der Waals surface area contributed by atoms with Crippen LogP contribution in [0.1, 0.15) is 26.7 Å². The Balaban J connectivity index is 2.20. The molecule has 1 aliphatic rings. The molecule has 1 amide bonds. The van der Waals surface area contributed by atoms with E-state index < -0.39 is 0 Å². The molecule has 1 N–H and O–H groups in total. The van der Waals surface area contributed by atoms with Crippen molar-refractivity contribution in [2.75, 3.05) is 33.7 Å². The fourth-order valence-electron chi connectivity index (χ4n) is 1.92. The predicted molar refractivity (Wildman–Crippen MR) is 66.4 cm³/mol. The van der Waals surface area contributed by atoms with Crippen LogP contribution in [0.15, 0.2) is 0 Å². The first-order chi connectivity index (χ1) is 7.50. The molecule has 94 valence electrons. The molecule has 1 atom stereocenters. The number of amides is 1. The maximum atomic E-state index is 11.2. The van der Waals surface area contributed by atoms with E-state index >= 15 is 0 Å². The Hall–Kier alpha value is -0.610. The molecule has 0 saturated carbocycles. The summed E-state index contributed by atoms with van der Waals surface area (Å²) in [4.78, 5) is 15.3. The van der Waals surface area contributed by atoms with Crippen LogP contribution in [0.4, 0.5) is 0 Å². The van der Waals surface area contributed by atoms with Gasteiger partial charge in [0.2, 0.25) is 5.91 Å². The van der Waals surface area contributed by atoms with E-state index in [1.165, 1.54) is 0 Å². The minimum absolute atomic E-state index is 0.208. The molecule has 0 aliphatic carbocycles. The summed E-state index contributed by atoms with van der Waals surface area (Å²) < 4.78 is 0. The highest BCUT2D eigenvalue weighted by Crippen LogP contribution is 2.10. The second kappa shape index (κ2) is 6.21. The van der Waals surface area contributed by atoms with Gasteiger partial charge in [0.25, 0.3) is 0 Å². The quantitative estimate of drug-likeness (QED) is 0.761. The summed E-state index contributed by atoms with van der Waals surface area (Å²) in [5.74, 6) is 0.208. The summed E-state index contributed by atoms with van der Waals surface area (Å²) in [6.45, 7) is 6.71. The van der Waals surface area contributed by atoms with E-state index in [0.717, 1.165) is 32.5 Å². The van der Waals surface area contributed by atoms with Gasteiger partial charge in [0, 0.05) is 38.6 Å². The van der Waals surface area contributed by atoms with Crippen LogP contribution in [-0.4, -0.2) is 61.5 Å². The second-order valence-electron chi connectivity index (χ2n) is 5.00. The number of hydrogen-bond donors (Lipinski definition) is 1. The van der Waals surface area contributed by atoms with Crippen molar-refractivity contribution in [2.45, 2.75) is 38.8 Å². The lowest BCUT2D eigenvalue weighted by Gasteiger charge is -2.33. The molecule has 1 heterocycles. The third-order valence-electron chi connectivity index (χ3n) is 3.52. The van der Waals surface area contributed by atoms with E-state index in [1.807, 2.05) is 4.90 Å². The molecule has 1 aliphatic heterocycles. The molecular formula is C12H25N3O. The zero-order valence-electron chi connectivity index (χ0n) is 11.0. The van der Waals surface area contributed by atoms with Crippen molar-refractivity contribution in [3.63, 3.8) is 0 Å². The fraction of sp³-hybridized carbons (Fsp3) is 0.917. The van der Waals surface area contributed by atoms with E-state index in [4.69, 9.17) is 0 Å². The van der Waals surface area contributed by atoms with Gasteiger partial charge in [0.05, 0.1) is 0 Å². The number of piperidine rings is 1. The van der Waals surface area contributed by atoms with Crippen molar-refractivity contribution in [1.29, 1.82) is 0 Å². The van der Waals surface area contributed by atoms with Gasteiger partial charge in [-0.15, -0.1) is 0 Å². The van der Waals surface area contributed by atoms with E-state index in [2.05, 4.69) is 31.2 Å². The van der Waals surface area contributed by atoms with Gasteiger partial charge < -0.3 is 15.1 Å². The average molecular weight is 227 g/mol. The van der Waals surface area contributed by atoms with Crippen molar-refractivity contribution in [2.24, 2.45) is 0 Å². The van der Waals surface area contributed by atoms with Crippen molar-refractivity contribution >= 4 is 5.91 Å². The molecule has 1 saturated heterocycles. The van der Waals surface area contributed by atoms with Gasteiger partial charge in [-0.1, -0.05) is 0 Å². The predicted octanol–water partition coefficient (Wildman–Crippen LogP) is 0.537. The number of hydrogen-bond acceptors (Lipinski definition) is 3. The van der Waals surface area contributed by atoms with Crippen molar-refractivity contribution in [3.8, 4) is 0 Å². The average Bonchev–Trinajstić information content (AvgIpc) is 2.26. The number of carbonyl (C=O) groups excluding carboxylic acids is 1. The van der Waals surface area contributed by atoms with Crippen LogP contribution >= 0.6 is 0 Å². The van der Waals surface area contributed by atoms with Crippen LogP contribution in [0, 0.1) is 0 Å². The van der Waals surface area contributed by atoms with E-state index in [9.17, 15) is 4.79 Å². The second-order valence-corrected chi connectivity index (χ2v) is 5.00. The molecule has 0 aromatic carbocycles. The first-order valence-electron chi connectivity index (χ1n) is 6.16. The number of likely N-dealkylation sites (tertiary alicyclic amines) is 1. The largest absolute Gasteiger partial charge is 0.343 e. The monoisotopic (exact) mass is 227 g/mol. The van der Waals surface area contributed by atoms with Gasteiger partial charge in [-0.25, -0.2) is 0 Å². The highest BCUT2D eigenvalue weighted by Gasteiger charge is 2.20. The molecule has 4 heteroatoms. The van der Waals surface area contributed by atoms with E-state index in [1.54, 1.807) is 6.92 Å². The molecule has 0 spiro atoms. The Labute approximate surface area is 99.0 Å². The molecule has 0 aromatic heterocycles. The Kier molecular flexibility index (Phi) is 5.22. The maximum Gasteiger partial charge on any atom is 0.219 e. The van der Waals surface area contributed by atoms with Crippen LogP contribution in [0.2, 0.25) is 0 Å². The SMILES string of the molecule is CC(=O)N1CCC(NCC(C)N(C)C)CC1. The van der Waals surface area contributed by atoms with Crippen LogP contribution in [0.3, 0.4) is 0 Å². The van der Waals surface area contributed by atoms with Gasteiger partial charge in [-0.2, -0.15) is 0 Å². The summed E-state index contributed by atoms with van der Waals surface area (Å²) >= 11 is 0. The first-order valence-corrected chi connectivity index (χ1v) is 6.16. The van der Waals surface area contributed by atoms with Crippen molar-refractivity contribution in [1.82, 2.24) is 15.1 Å². The molecule has 16 heavy (non-hydrogen) atoms. The summed E-state index contributed by atoms with van der Waals surface area (Å²) in [6.07, 6.45) is 2.17.